The fourth-order valence-corrected chi connectivity index (χ4v) is 2.27. The Bertz CT molecular complexity index is 512. The summed E-state index contributed by atoms with van der Waals surface area (Å²) >= 11 is 0. The van der Waals surface area contributed by atoms with Gasteiger partial charge < -0.3 is 10.8 Å². The van der Waals surface area contributed by atoms with Crippen LogP contribution in [0.2, 0.25) is 0 Å². The molecule has 6 heteroatoms. The molecule has 124 valence electrons. The van der Waals surface area contributed by atoms with Crippen LogP contribution in [0.3, 0.4) is 0 Å². The van der Waals surface area contributed by atoms with Gasteiger partial charge in [0.05, 0.1) is 5.56 Å². The number of alkyl halides is 3. The van der Waals surface area contributed by atoms with Crippen LogP contribution in [0.25, 0.3) is 0 Å². The van der Waals surface area contributed by atoms with Crippen LogP contribution in [0.1, 0.15) is 44.2 Å². The van der Waals surface area contributed by atoms with Crippen LogP contribution in [-0.2, 0) is 17.4 Å². The summed E-state index contributed by atoms with van der Waals surface area (Å²) in [4.78, 5) is 11.0. The number of hydrogen-bond acceptors (Lipinski definition) is 2. The molecule has 0 fully saturated rings. The smallest absolute Gasteiger partial charge is 0.416 e. The van der Waals surface area contributed by atoms with E-state index < -0.39 is 23.2 Å². The molecule has 0 radical (unpaired) electrons. The van der Waals surface area contributed by atoms with E-state index in [0.29, 0.717) is 24.8 Å². The van der Waals surface area contributed by atoms with Crippen LogP contribution in [-0.4, -0.2) is 16.6 Å². The number of aliphatic carboxylic acids is 1. The Morgan fingerprint density at radius 2 is 2.00 bits per heavy atom. The third-order valence-electron chi connectivity index (χ3n) is 3.92. The minimum absolute atomic E-state index is 0.103. The number of carboxylic acid groups (broad SMARTS) is 1. The van der Waals surface area contributed by atoms with Crippen LogP contribution in [0.5, 0.6) is 0 Å². The highest BCUT2D eigenvalue weighted by Gasteiger charge is 2.31. The minimum Gasteiger partial charge on any atom is -0.480 e. The zero-order valence-corrected chi connectivity index (χ0v) is 12.8. The topological polar surface area (TPSA) is 63.3 Å². The highest BCUT2D eigenvalue weighted by Crippen LogP contribution is 2.30. The van der Waals surface area contributed by atoms with Gasteiger partial charge in [0.2, 0.25) is 0 Å². The van der Waals surface area contributed by atoms with Crippen molar-refractivity contribution < 1.29 is 23.1 Å². The maximum atomic E-state index is 12.7. The lowest BCUT2D eigenvalue weighted by molar-refractivity contribution is -0.143. The second-order valence-electron chi connectivity index (χ2n) is 5.94. The monoisotopic (exact) mass is 317 g/mol. The number of carbonyl (C=O) groups is 1. The number of carboxylic acids is 1. The van der Waals surface area contributed by atoms with Gasteiger partial charge in [-0.3, -0.25) is 4.79 Å². The van der Waals surface area contributed by atoms with Crippen molar-refractivity contribution in [2.75, 3.05) is 0 Å². The highest BCUT2D eigenvalue weighted by atomic mass is 19.4. The Morgan fingerprint density at radius 3 is 2.50 bits per heavy atom. The molecule has 1 aromatic carbocycles. The number of halogens is 3. The molecule has 0 aliphatic carbocycles. The van der Waals surface area contributed by atoms with Gasteiger partial charge >= 0.3 is 12.1 Å². The molecule has 0 saturated heterocycles. The standard InChI is InChI=1S/C16H22F3NO2/c1-3-11(7-8-15(2,20)14(21)22)9-12-5-4-6-13(10-12)16(17,18)19/h4-6,10-11H,3,7-9,20H2,1-2H3,(H,21,22). The van der Waals surface area contributed by atoms with Crippen LogP contribution in [0, 0.1) is 5.92 Å². The zero-order chi connectivity index (χ0) is 17.0. The number of rotatable bonds is 7. The van der Waals surface area contributed by atoms with E-state index in [1.54, 1.807) is 6.07 Å². The van der Waals surface area contributed by atoms with Crippen molar-refractivity contribution in [1.29, 1.82) is 0 Å². The lowest BCUT2D eigenvalue weighted by Gasteiger charge is -2.23. The van der Waals surface area contributed by atoms with Crippen LogP contribution in [0.4, 0.5) is 13.2 Å². The van der Waals surface area contributed by atoms with Gasteiger partial charge in [-0.1, -0.05) is 31.5 Å². The quantitative estimate of drug-likeness (QED) is 0.803. The fraction of sp³-hybridized carbons (Fsp3) is 0.562. The molecule has 0 spiro atoms. The van der Waals surface area contributed by atoms with Crippen molar-refractivity contribution in [3.63, 3.8) is 0 Å². The summed E-state index contributed by atoms with van der Waals surface area (Å²) in [7, 11) is 0. The van der Waals surface area contributed by atoms with E-state index in [-0.39, 0.29) is 5.92 Å². The summed E-state index contributed by atoms with van der Waals surface area (Å²) in [6.45, 7) is 3.39. The van der Waals surface area contributed by atoms with E-state index in [0.717, 1.165) is 18.6 Å². The van der Waals surface area contributed by atoms with Crippen molar-refractivity contribution in [1.82, 2.24) is 0 Å². The maximum Gasteiger partial charge on any atom is 0.416 e. The predicted octanol–water partition coefficient (Wildman–Crippen LogP) is 3.86. The van der Waals surface area contributed by atoms with E-state index in [4.69, 9.17) is 10.8 Å². The third kappa shape index (κ3) is 5.33. The van der Waals surface area contributed by atoms with Gasteiger partial charge in [-0.2, -0.15) is 13.2 Å². The average Bonchev–Trinajstić information content (AvgIpc) is 2.42. The Labute approximate surface area is 128 Å². The predicted molar refractivity (Wildman–Crippen MR) is 78.4 cm³/mol. The molecule has 0 heterocycles. The molecular weight excluding hydrogens is 295 g/mol. The summed E-state index contributed by atoms with van der Waals surface area (Å²) < 4.78 is 38.1. The van der Waals surface area contributed by atoms with Crippen molar-refractivity contribution in [3.8, 4) is 0 Å². The SMILES string of the molecule is CCC(CCC(C)(N)C(=O)O)Cc1cccc(C(F)(F)F)c1. The van der Waals surface area contributed by atoms with Gasteiger partial charge in [0.1, 0.15) is 5.54 Å². The second-order valence-corrected chi connectivity index (χ2v) is 5.94. The average molecular weight is 317 g/mol. The van der Waals surface area contributed by atoms with Gasteiger partial charge in [-0.05, 0) is 43.7 Å². The van der Waals surface area contributed by atoms with E-state index in [2.05, 4.69) is 0 Å². The van der Waals surface area contributed by atoms with Gasteiger partial charge in [0.15, 0.2) is 0 Å². The summed E-state index contributed by atoms with van der Waals surface area (Å²) in [5.74, 6) is -0.966. The van der Waals surface area contributed by atoms with Crippen LogP contribution >= 0.6 is 0 Å². The summed E-state index contributed by atoms with van der Waals surface area (Å²) in [5.41, 5.74) is 4.33. The van der Waals surface area contributed by atoms with E-state index in [9.17, 15) is 18.0 Å². The van der Waals surface area contributed by atoms with Crippen molar-refractivity contribution in [3.05, 3.63) is 35.4 Å². The minimum atomic E-state index is -4.35. The molecule has 22 heavy (non-hydrogen) atoms. The molecule has 1 aromatic rings. The molecule has 3 N–H and O–H groups in total. The van der Waals surface area contributed by atoms with Crippen LogP contribution < -0.4 is 5.73 Å². The van der Waals surface area contributed by atoms with Gasteiger partial charge in [-0.25, -0.2) is 0 Å². The normalized spacial score (nSPS) is 16.1. The molecule has 0 saturated carbocycles. The molecule has 3 nitrogen and oxygen atoms in total. The molecular formula is C16H22F3NO2. The molecule has 0 aliphatic rings. The molecule has 2 unspecified atom stereocenters. The highest BCUT2D eigenvalue weighted by molar-refractivity contribution is 5.77. The summed E-state index contributed by atoms with van der Waals surface area (Å²) in [6, 6.07) is 5.26. The van der Waals surface area contributed by atoms with Gasteiger partial charge in [-0.15, -0.1) is 0 Å². The van der Waals surface area contributed by atoms with E-state index in [1.165, 1.54) is 13.0 Å². The zero-order valence-electron chi connectivity index (χ0n) is 12.8. The Balaban J connectivity index is 2.73. The summed E-state index contributed by atoms with van der Waals surface area (Å²) in [6.07, 6.45) is -2.26. The lowest BCUT2D eigenvalue weighted by Crippen LogP contribution is -2.45. The van der Waals surface area contributed by atoms with Crippen LogP contribution in [0.15, 0.2) is 24.3 Å². The Hall–Kier alpha value is -1.56. The van der Waals surface area contributed by atoms with E-state index >= 15 is 0 Å². The fourth-order valence-electron chi connectivity index (χ4n) is 2.27. The first-order chi connectivity index (χ1) is 10.1. The molecule has 0 amide bonds. The number of hydrogen-bond donors (Lipinski definition) is 2. The van der Waals surface area contributed by atoms with Gasteiger partial charge in [0, 0.05) is 0 Å². The molecule has 0 bridgehead atoms. The largest absolute Gasteiger partial charge is 0.480 e. The maximum absolute atomic E-state index is 12.7. The Morgan fingerprint density at radius 1 is 1.36 bits per heavy atom. The molecule has 1 rings (SSSR count). The van der Waals surface area contributed by atoms with Crippen molar-refractivity contribution in [2.45, 2.75) is 51.2 Å². The third-order valence-corrected chi connectivity index (χ3v) is 3.92. The Kier molecular flexibility index (Phi) is 6.00. The first-order valence-corrected chi connectivity index (χ1v) is 7.24. The van der Waals surface area contributed by atoms with Gasteiger partial charge in [0.25, 0.3) is 0 Å². The first-order valence-electron chi connectivity index (χ1n) is 7.24. The first kappa shape index (κ1) is 18.5. The number of benzene rings is 1. The summed E-state index contributed by atoms with van der Waals surface area (Å²) in [5, 5.41) is 8.99. The van der Waals surface area contributed by atoms with Crippen molar-refractivity contribution >= 4 is 5.97 Å². The molecule has 0 aliphatic heterocycles. The lowest BCUT2D eigenvalue weighted by atomic mass is 9.86. The van der Waals surface area contributed by atoms with Crippen molar-refractivity contribution in [2.24, 2.45) is 11.7 Å². The molecule has 2 atom stereocenters. The van der Waals surface area contributed by atoms with E-state index in [1.807, 2.05) is 6.92 Å². The second kappa shape index (κ2) is 7.13. The molecule has 0 aromatic heterocycles. The number of nitrogens with two attached hydrogens (primary N) is 1.